The van der Waals surface area contributed by atoms with E-state index in [1.807, 2.05) is 19.9 Å². The van der Waals surface area contributed by atoms with Crippen LogP contribution in [0.3, 0.4) is 0 Å². The molecule has 0 aromatic heterocycles. The third-order valence-electron chi connectivity index (χ3n) is 2.87. The Hall–Kier alpha value is -2.26. The monoisotopic (exact) mass is 309 g/mol. The highest BCUT2D eigenvalue weighted by Crippen LogP contribution is 2.20. The molecule has 1 unspecified atom stereocenters. The summed E-state index contributed by atoms with van der Waals surface area (Å²) >= 11 is 5.82. The van der Waals surface area contributed by atoms with E-state index in [1.165, 1.54) is 12.1 Å². The minimum atomic E-state index is -0.991. The molecule has 0 fully saturated rings. The lowest BCUT2D eigenvalue weighted by atomic mass is 10.0. The molecular formula is C14H16ClN3O3. The van der Waals surface area contributed by atoms with E-state index in [0.29, 0.717) is 5.02 Å². The predicted molar refractivity (Wildman–Crippen MR) is 79.2 cm³/mol. The molecule has 0 bridgehead atoms. The number of aliphatic carboxylic acids is 1. The Bertz CT molecular complexity index is 581. The van der Waals surface area contributed by atoms with Crippen LogP contribution in [0.25, 0.3) is 0 Å². The summed E-state index contributed by atoms with van der Waals surface area (Å²) in [6.07, 6.45) is -0.175. The summed E-state index contributed by atoms with van der Waals surface area (Å²) in [7, 11) is 0. The van der Waals surface area contributed by atoms with Gasteiger partial charge in [-0.05, 0) is 24.1 Å². The third kappa shape index (κ3) is 5.32. The van der Waals surface area contributed by atoms with Crippen molar-refractivity contribution in [3.05, 3.63) is 28.8 Å². The molecule has 0 aliphatic carbocycles. The second kappa shape index (κ2) is 7.50. The SMILES string of the molecule is CC(C)C(CC(=O)O)NC(=O)Nc1cc(Cl)ccc1C#N. The Morgan fingerprint density at radius 2 is 2.10 bits per heavy atom. The average molecular weight is 310 g/mol. The summed E-state index contributed by atoms with van der Waals surface area (Å²) in [5.41, 5.74) is 0.550. The predicted octanol–water partition coefficient (Wildman–Crippen LogP) is 2.83. The number of benzene rings is 1. The first-order valence-electron chi connectivity index (χ1n) is 6.32. The molecule has 1 aromatic rings. The second-order valence-electron chi connectivity index (χ2n) is 4.85. The first kappa shape index (κ1) is 16.8. The largest absolute Gasteiger partial charge is 0.481 e. The van der Waals surface area contributed by atoms with Crippen molar-refractivity contribution in [2.75, 3.05) is 5.32 Å². The quantitative estimate of drug-likeness (QED) is 0.778. The lowest BCUT2D eigenvalue weighted by Crippen LogP contribution is -2.42. The van der Waals surface area contributed by atoms with Gasteiger partial charge >= 0.3 is 12.0 Å². The summed E-state index contributed by atoms with van der Waals surface area (Å²) in [5.74, 6) is -1.03. The summed E-state index contributed by atoms with van der Waals surface area (Å²) in [5, 5.41) is 23.3. The van der Waals surface area contributed by atoms with Crippen molar-refractivity contribution in [3.63, 3.8) is 0 Å². The molecule has 1 atom stereocenters. The molecule has 0 saturated heterocycles. The molecule has 0 spiro atoms. The maximum Gasteiger partial charge on any atom is 0.319 e. The van der Waals surface area contributed by atoms with E-state index in [0.717, 1.165) is 0 Å². The van der Waals surface area contributed by atoms with Crippen molar-refractivity contribution in [1.29, 1.82) is 5.26 Å². The number of halogens is 1. The van der Waals surface area contributed by atoms with Gasteiger partial charge < -0.3 is 15.7 Å². The lowest BCUT2D eigenvalue weighted by molar-refractivity contribution is -0.137. The zero-order valence-electron chi connectivity index (χ0n) is 11.7. The summed E-state index contributed by atoms with van der Waals surface area (Å²) in [6, 6.07) is 5.36. The average Bonchev–Trinajstić information content (AvgIpc) is 2.37. The van der Waals surface area contributed by atoms with Crippen LogP contribution in [0.15, 0.2) is 18.2 Å². The second-order valence-corrected chi connectivity index (χ2v) is 5.28. The molecule has 0 aliphatic rings. The number of amides is 2. The number of hydrogen-bond donors (Lipinski definition) is 3. The Labute approximate surface area is 127 Å². The molecular weight excluding hydrogens is 294 g/mol. The first-order chi connectivity index (χ1) is 9.83. The molecule has 1 rings (SSSR count). The van der Waals surface area contributed by atoms with Gasteiger partial charge in [0.15, 0.2) is 0 Å². The number of rotatable bonds is 5. The molecule has 112 valence electrons. The fourth-order valence-corrected chi connectivity index (χ4v) is 1.86. The normalized spacial score (nSPS) is 11.6. The molecule has 1 aromatic carbocycles. The minimum Gasteiger partial charge on any atom is -0.481 e. The number of nitrogens with zero attached hydrogens (tertiary/aromatic N) is 1. The Morgan fingerprint density at radius 3 is 2.62 bits per heavy atom. The molecule has 6 nitrogen and oxygen atoms in total. The van der Waals surface area contributed by atoms with Crippen molar-refractivity contribution in [3.8, 4) is 6.07 Å². The van der Waals surface area contributed by atoms with Gasteiger partial charge in [-0.1, -0.05) is 25.4 Å². The molecule has 0 heterocycles. The minimum absolute atomic E-state index is 0.0401. The van der Waals surface area contributed by atoms with Crippen LogP contribution in [-0.2, 0) is 4.79 Å². The zero-order chi connectivity index (χ0) is 16.0. The smallest absolute Gasteiger partial charge is 0.319 e. The van der Waals surface area contributed by atoms with Crippen LogP contribution in [0.4, 0.5) is 10.5 Å². The molecule has 0 radical (unpaired) electrons. The molecule has 2 amide bonds. The number of nitriles is 1. The van der Waals surface area contributed by atoms with Crippen LogP contribution in [0.1, 0.15) is 25.8 Å². The number of hydrogen-bond acceptors (Lipinski definition) is 3. The van der Waals surface area contributed by atoms with Gasteiger partial charge in [0.05, 0.1) is 17.7 Å². The summed E-state index contributed by atoms with van der Waals surface area (Å²) in [6.45, 7) is 3.63. The number of nitrogens with one attached hydrogen (secondary N) is 2. The molecule has 0 aliphatic heterocycles. The summed E-state index contributed by atoms with van der Waals surface area (Å²) in [4.78, 5) is 22.7. The molecule has 7 heteroatoms. The maximum absolute atomic E-state index is 11.9. The number of carbonyl (C=O) groups is 2. The van der Waals surface area contributed by atoms with E-state index >= 15 is 0 Å². The van der Waals surface area contributed by atoms with Crippen LogP contribution in [0, 0.1) is 17.2 Å². The first-order valence-corrected chi connectivity index (χ1v) is 6.70. The van der Waals surface area contributed by atoms with Gasteiger partial charge in [0, 0.05) is 11.1 Å². The highest BCUT2D eigenvalue weighted by Gasteiger charge is 2.19. The number of carboxylic acids is 1. The Balaban J connectivity index is 2.79. The van der Waals surface area contributed by atoms with Crippen molar-refractivity contribution in [2.45, 2.75) is 26.3 Å². The van der Waals surface area contributed by atoms with Gasteiger partial charge in [-0.15, -0.1) is 0 Å². The van der Waals surface area contributed by atoms with Crippen LogP contribution in [0.2, 0.25) is 5.02 Å². The number of anilines is 1. The maximum atomic E-state index is 11.9. The van der Waals surface area contributed by atoms with E-state index in [1.54, 1.807) is 6.07 Å². The van der Waals surface area contributed by atoms with Crippen molar-refractivity contribution in [1.82, 2.24) is 5.32 Å². The van der Waals surface area contributed by atoms with E-state index in [4.69, 9.17) is 22.0 Å². The van der Waals surface area contributed by atoms with E-state index in [-0.39, 0.29) is 23.6 Å². The fraction of sp³-hybridized carbons (Fsp3) is 0.357. The van der Waals surface area contributed by atoms with E-state index < -0.39 is 18.0 Å². The van der Waals surface area contributed by atoms with Gasteiger partial charge in [-0.25, -0.2) is 4.79 Å². The number of carboxylic acid groups (broad SMARTS) is 1. The zero-order valence-corrected chi connectivity index (χ0v) is 12.4. The van der Waals surface area contributed by atoms with E-state index in [9.17, 15) is 9.59 Å². The van der Waals surface area contributed by atoms with Gasteiger partial charge in [-0.2, -0.15) is 5.26 Å². The van der Waals surface area contributed by atoms with Gasteiger partial charge in [0.2, 0.25) is 0 Å². The van der Waals surface area contributed by atoms with Crippen molar-refractivity contribution >= 4 is 29.3 Å². The van der Waals surface area contributed by atoms with Gasteiger partial charge in [0.25, 0.3) is 0 Å². The molecule has 21 heavy (non-hydrogen) atoms. The molecule has 3 N–H and O–H groups in total. The number of carbonyl (C=O) groups excluding carboxylic acids is 1. The van der Waals surface area contributed by atoms with Crippen molar-refractivity contribution < 1.29 is 14.7 Å². The standard InChI is InChI=1S/C14H16ClN3O3/c1-8(2)11(6-13(19)20)17-14(21)18-12-5-10(15)4-3-9(12)7-16/h3-5,8,11H,6H2,1-2H3,(H,19,20)(H2,17,18,21). The Kier molecular flexibility index (Phi) is 6.00. The van der Waals surface area contributed by atoms with Crippen LogP contribution >= 0.6 is 11.6 Å². The van der Waals surface area contributed by atoms with Crippen molar-refractivity contribution in [2.24, 2.45) is 5.92 Å². The highest BCUT2D eigenvalue weighted by atomic mass is 35.5. The van der Waals surface area contributed by atoms with Crippen LogP contribution in [-0.4, -0.2) is 23.1 Å². The lowest BCUT2D eigenvalue weighted by Gasteiger charge is -2.21. The fourth-order valence-electron chi connectivity index (χ4n) is 1.69. The van der Waals surface area contributed by atoms with Gasteiger partial charge in [0.1, 0.15) is 6.07 Å². The van der Waals surface area contributed by atoms with Gasteiger partial charge in [-0.3, -0.25) is 4.79 Å². The highest BCUT2D eigenvalue weighted by molar-refractivity contribution is 6.31. The van der Waals surface area contributed by atoms with E-state index in [2.05, 4.69) is 10.6 Å². The number of urea groups is 1. The molecule has 0 saturated carbocycles. The van der Waals surface area contributed by atoms with Crippen LogP contribution < -0.4 is 10.6 Å². The third-order valence-corrected chi connectivity index (χ3v) is 3.10. The topological polar surface area (TPSA) is 102 Å². The Morgan fingerprint density at radius 1 is 1.43 bits per heavy atom. The van der Waals surface area contributed by atoms with Crippen LogP contribution in [0.5, 0.6) is 0 Å². The summed E-state index contributed by atoms with van der Waals surface area (Å²) < 4.78 is 0.